The number of hydrogen-bond donors (Lipinski definition) is 1. The van der Waals surface area contributed by atoms with Crippen molar-refractivity contribution < 1.29 is 17.9 Å². The molecule has 1 aliphatic heterocycles. The molecule has 0 saturated carbocycles. The number of nitrogens with two attached hydrogens (primary N) is 1. The Morgan fingerprint density at radius 3 is 2.52 bits per heavy atom. The van der Waals surface area contributed by atoms with Crippen LogP contribution in [-0.2, 0) is 14.8 Å². The summed E-state index contributed by atoms with van der Waals surface area (Å²) in [6, 6.07) is 12.3. The van der Waals surface area contributed by atoms with Gasteiger partial charge in [-0.1, -0.05) is 30.3 Å². The molecule has 1 saturated heterocycles. The zero-order valence-corrected chi connectivity index (χ0v) is 15.9. The molecule has 1 aliphatic rings. The molecule has 0 radical (unpaired) electrons. The number of carbonyl (C=O) groups is 1. The first-order valence-electron chi connectivity index (χ1n) is 7.42. The second kappa shape index (κ2) is 7.84. The summed E-state index contributed by atoms with van der Waals surface area (Å²) in [5.74, 6) is -0.581. The molecule has 2 atom stereocenters. The molecule has 0 bridgehead atoms. The lowest BCUT2D eigenvalue weighted by Gasteiger charge is -2.15. The van der Waals surface area contributed by atoms with Gasteiger partial charge in [0.2, 0.25) is 0 Å². The number of rotatable bonds is 4. The normalized spacial score (nSPS) is 20.9. The minimum absolute atomic E-state index is 0. The van der Waals surface area contributed by atoms with E-state index < -0.39 is 16.0 Å². The Labute approximate surface area is 157 Å². The lowest BCUT2D eigenvalue weighted by atomic mass is 9.95. The second-order valence-corrected chi connectivity index (χ2v) is 8.86. The van der Waals surface area contributed by atoms with Crippen molar-refractivity contribution in [2.24, 2.45) is 5.73 Å². The van der Waals surface area contributed by atoms with Crippen molar-refractivity contribution in [1.29, 1.82) is 0 Å². The Kier molecular flexibility index (Phi) is 6.23. The van der Waals surface area contributed by atoms with Gasteiger partial charge in [-0.25, -0.2) is 13.2 Å². The van der Waals surface area contributed by atoms with Gasteiger partial charge in [0.15, 0.2) is 0 Å². The molecule has 2 aromatic rings. The fourth-order valence-electron chi connectivity index (χ4n) is 2.84. The summed E-state index contributed by atoms with van der Waals surface area (Å²) in [5, 5.41) is 0. The summed E-state index contributed by atoms with van der Waals surface area (Å²) < 4.78 is 31.8. The molecule has 136 valence electrons. The molecule has 0 unspecified atom stereocenters. The van der Waals surface area contributed by atoms with Crippen LogP contribution in [0.25, 0.3) is 0 Å². The maximum Gasteiger partial charge on any atom is 0.348 e. The average Bonchev–Trinajstić information content (AvgIpc) is 3.22. The highest BCUT2D eigenvalue weighted by atomic mass is 35.5. The molecule has 0 amide bonds. The number of carbonyl (C=O) groups excluding carboxylic acids is 1. The molecule has 2 heterocycles. The van der Waals surface area contributed by atoms with E-state index in [1.54, 1.807) is 0 Å². The van der Waals surface area contributed by atoms with E-state index in [1.807, 2.05) is 30.3 Å². The molecular formula is C16H19ClN2O4S2. The molecule has 9 heteroatoms. The highest BCUT2D eigenvalue weighted by Crippen LogP contribution is 2.32. The smallest absolute Gasteiger partial charge is 0.348 e. The van der Waals surface area contributed by atoms with Crippen molar-refractivity contribution in [3.8, 4) is 0 Å². The van der Waals surface area contributed by atoms with Crippen LogP contribution in [0.15, 0.2) is 46.7 Å². The number of hydrogen-bond acceptors (Lipinski definition) is 6. The fraction of sp³-hybridized carbons (Fsp3) is 0.312. The number of ether oxygens (including phenoxy) is 1. The fourth-order valence-corrected chi connectivity index (χ4v) is 5.72. The van der Waals surface area contributed by atoms with E-state index in [0.717, 1.165) is 16.9 Å². The van der Waals surface area contributed by atoms with E-state index in [1.165, 1.54) is 23.5 Å². The summed E-state index contributed by atoms with van der Waals surface area (Å²) in [7, 11) is -2.41. The van der Waals surface area contributed by atoms with Crippen LogP contribution in [-0.4, -0.2) is 44.9 Å². The van der Waals surface area contributed by atoms with E-state index >= 15 is 0 Å². The SMILES string of the molecule is COC(=O)c1ccc(S(=O)(=O)N2C[C@@H](N)[C@H](c3ccccc3)C2)s1.Cl. The Morgan fingerprint density at radius 1 is 1.20 bits per heavy atom. The van der Waals surface area contributed by atoms with Crippen LogP contribution in [0.4, 0.5) is 0 Å². The Balaban J connectivity index is 0.00000225. The highest BCUT2D eigenvalue weighted by molar-refractivity contribution is 7.91. The zero-order chi connectivity index (χ0) is 17.3. The third-order valence-corrected chi connectivity index (χ3v) is 7.49. The number of esters is 1. The number of nitrogens with zero attached hydrogens (tertiary/aromatic N) is 1. The maximum absolute atomic E-state index is 12.8. The summed E-state index contributed by atoms with van der Waals surface area (Å²) in [4.78, 5) is 11.8. The van der Waals surface area contributed by atoms with Crippen molar-refractivity contribution in [2.75, 3.05) is 20.2 Å². The number of sulfonamides is 1. The second-order valence-electron chi connectivity index (χ2n) is 5.61. The van der Waals surface area contributed by atoms with Gasteiger partial charge >= 0.3 is 5.97 Å². The molecule has 0 spiro atoms. The maximum atomic E-state index is 12.8. The molecule has 25 heavy (non-hydrogen) atoms. The van der Waals surface area contributed by atoms with Gasteiger partial charge in [0.25, 0.3) is 10.0 Å². The molecular weight excluding hydrogens is 384 g/mol. The first-order valence-corrected chi connectivity index (χ1v) is 9.68. The van der Waals surface area contributed by atoms with Crippen LogP contribution in [0.3, 0.4) is 0 Å². The minimum atomic E-state index is -3.67. The number of benzene rings is 1. The molecule has 1 aromatic carbocycles. The van der Waals surface area contributed by atoms with Crippen LogP contribution in [0.5, 0.6) is 0 Å². The standard InChI is InChI=1S/C16H18N2O4S2.ClH/c1-22-16(19)14-7-8-15(23-14)24(20,21)18-9-12(13(17)10-18)11-5-3-2-4-6-11;/h2-8,12-13H,9-10,17H2,1H3;1H/t12-,13+;/m0./s1. The highest BCUT2D eigenvalue weighted by Gasteiger charge is 2.39. The van der Waals surface area contributed by atoms with Gasteiger partial charge in [-0.15, -0.1) is 23.7 Å². The molecule has 6 nitrogen and oxygen atoms in total. The van der Waals surface area contributed by atoms with Crippen LogP contribution in [0, 0.1) is 0 Å². The van der Waals surface area contributed by atoms with Crippen molar-refractivity contribution in [2.45, 2.75) is 16.2 Å². The summed E-state index contributed by atoms with van der Waals surface area (Å²) in [6.45, 7) is 0.590. The minimum Gasteiger partial charge on any atom is -0.465 e. The molecule has 3 rings (SSSR count). The van der Waals surface area contributed by atoms with E-state index in [4.69, 9.17) is 5.73 Å². The average molecular weight is 403 g/mol. The Bertz CT molecular complexity index is 839. The molecule has 2 N–H and O–H groups in total. The monoisotopic (exact) mass is 402 g/mol. The quantitative estimate of drug-likeness (QED) is 0.790. The molecule has 1 fully saturated rings. The van der Waals surface area contributed by atoms with Crippen molar-refractivity contribution in [3.05, 3.63) is 52.9 Å². The summed E-state index contributed by atoms with van der Waals surface area (Å²) >= 11 is 0.913. The number of methoxy groups -OCH3 is 1. The molecule has 1 aromatic heterocycles. The molecule has 0 aliphatic carbocycles. The Morgan fingerprint density at radius 2 is 1.88 bits per heavy atom. The number of halogens is 1. The van der Waals surface area contributed by atoms with Gasteiger partial charge in [-0.3, -0.25) is 0 Å². The first kappa shape index (κ1) is 19.9. The van der Waals surface area contributed by atoms with Gasteiger partial charge in [-0.2, -0.15) is 4.31 Å². The van der Waals surface area contributed by atoms with Crippen molar-refractivity contribution in [1.82, 2.24) is 4.31 Å². The topological polar surface area (TPSA) is 89.7 Å². The van der Waals surface area contributed by atoms with Crippen LogP contribution >= 0.6 is 23.7 Å². The van der Waals surface area contributed by atoms with Crippen molar-refractivity contribution >= 4 is 39.7 Å². The summed E-state index contributed by atoms with van der Waals surface area (Å²) in [6.07, 6.45) is 0. The van der Waals surface area contributed by atoms with Gasteiger partial charge in [-0.05, 0) is 17.7 Å². The zero-order valence-electron chi connectivity index (χ0n) is 13.5. The van der Waals surface area contributed by atoms with Crippen LogP contribution in [0.1, 0.15) is 21.2 Å². The van der Waals surface area contributed by atoms with E-state index in [9.17, 15) is 13.2 Å². The van der Waals surface area contributed by atoms with E-state index in [-0.39, 0.29) is 40.0 Å². The van der Waals surface area contributed by atoms with E-state index in [0.29, 0.717) is 6.54 Å². The van der Waals surface area contributed by atoms with Gasteiger partial charge < -0.3 is 10.5 Å². The Hall–Kier alpha value is -1.45. The predicted molar refractivity (Wildman–Crippen MR) is 98.8 cm³/mol. The van der Waals surface area contributed by atoms with Crippen LogP contribution in [0.2, 0.25) is 0 Å². The van der Waals surface area contributed by atoms with Gasteiger partial charge in [0.05, 0.1) is 7.11 Å². The lowest BCUT2D eigenvalue weighted by molar-refractivity contribution is 0.0606. The van der Waals surface area contributed by atoms with Gasteiger partial charge in [0.1, 0.15) is 9.09 Å². The third kappa shape index (κ3) is 3.88. The summed E-state index contributed by atoms with van der Waals surface area (Å²) in [5.41, 5.74) is 7.21. The first-order chi connectivity index (χ1) is 11.4. The van der Waals surface area contributed by atoms with Gasteiger partial charge in [0, 0.05) is 25.0 Å². The lowest BCUT2D eigenvalue weighted by Crippen LogP contribution is -2.31. The van der Waals surface area contributed by atoms with Crippen LogP contribution < -0.4 is 5.73 Å². The predicted octanol–water partition coefficient (Wildman–Crippen LogP) is 2.07. The largest absolute Gasteiger partial charge is 0.465 e. The van der Waals surface area contributed by atoms with Crippen molar-refractivity contribution in [3.63, 3.8) is 0 Å². The third-order valence-electron chi connectivity index (χ3n) is 4.12. The van der Waals surface area contributed by atoms with E-state index in [2.05, 4.69) is 4.74 Å². The number of thiophene rings is 1.